The Morgan fingerprint density at radius 2 is 1.57 bits per heavy atom. The fraction of sp³-hybridized carbons (Fsp3) is 0.549. The number of hydrogen-bond donors (Lipinski definition) is 2. The molecule has 7 aliphatic carbocycles. The summed E-state index contributed by atoms with van der Waals surface area (Å²) in [4.78, 5) is 45.7. The molecule has 63 heavy (non-hydrogen) atoms. The number of benzene rings is 2. The Kier molecular flexibility index (Phi) is 9.12. The maximum atomic E-state index is 15.3. The van der Waals surface area contributed by atoms with Crippen molar-refractivity contribution in [1.82, 2.24) is 4.90 Å². The first-order chi connectivity index (χ1) is 29.5. The highest BCUT2D eigenvalue weighted by atomic mass is 35.5. The summed E-state index contributed by atoms with van der Waals surface area (Å²) in [6.45, 7) is 10.3. The second-order valence-electron chi connectivity index (χ2n) is 21.3. The molecule has 1 aromatic heterocycles. The number of aliphatic hydroxyl groups excluding tert-OH is 1. The summed E-state index contributed by atoms with van der Waals surface area (Å²) in [5.74, 6) is -1.40. The van der Waals surface area contributed by atoms with Crippen LogP contribution in [-0.4, -0.2) is 56.6 Å². The zero-order valence-electron chi connectivity index (χ0n) is 36.4. The first kappa shape index (κ1) is 42.7. The normalized spacial score (nSPS) is 39.3. The van der Waals surface area contributed by atoms with Crippen LogP contribution in [0.15, 0.2) is 88.9 Å². The van der Waals surface area contributed by atoms with Crippen LogP contribution in [0.3, 0.4) is 0 Å². The highest BCUT2D eigenvalue weighted by Crippen LogP contribution is 2.78. The van der Waals surface area contributed by atoms with Gasteiger partial charge in [0.2, 0.25) is 5.78 Å². The van der Waals surface area contributed by atoms with E-state index in [0.29, 0.717) is 56.9 Å². The van der Waals surface area contributed by atoms with Crippen molar-refractivity contribution >= 4 is 29.3 Å². The minimum Gasteiger partial charge on any atom is -0.453 e. The topological polar surface area (TPSA) is 117 Å². The number of furan rings is 1. The number of fused-ring (bicyclic) bond motifs is 3. The molecule has 8 nitrogen and oxygen atoms in total. The number of amides is 1. The van der Waals surface area contributed by atoms with Crippen LogP contribution in [0.1, 0.15) is 114 Å². The van der Waals surface area contributed by atoms with Crippen LogP contribution >= 0.6 is 11.6 Å². The lowest BCUT2D eigenvalue weighted by atomic mass is 9.32. The molecule has 12 heteroatoms. The van der Waals surface area contributed by atoms with E-state index in [0.717, 1.165) is 24.1 Å². The predicted octanol–water partition coefficient (Wildman–Crippen LogP) is 10.5. The van der Waals surface area contributed by atoms with Crippen LogP contribution < -0.4 is 0 Å². The summed E-state index contributed by atoms with van der Waals surface area (Å²) in [5, 5.41) is 24.6. The van der Waals surface area contributed by atoms with Crippen molar-refractivity contribution in [1.29, 1.82) is 0 Å². The fourth-order valence-electron chi connectivity index (χ4n) is 14.5. The molecule has 3 aromatic rings. The number of Topliss-reactive ketones (excluding diaryl/α,β-unsaturated/α-hetero) is 1. The molecule has 2 aromatic carbocycles. The van der Waals surface area contributed by atoms with Gasteiger partial charge in [-0.05, 0) is 118 Å². The zero-order chi connectivity index (χ0) is 45.0. The first-order valence-electron chi connectivity index (χ1n) is 22.4. The summed E-state index contributed by atoms with van der Waals surface area (Å²) in [7, 11) is 0. The van der Waals surface area contributed by atoms with Crippen LogP contribution in [0.4, 0.5) is 13.2 Å². The molecule has 2 spiro atoms. The molecule has 1 saturated heterocycles. The Hall–Kier alpha value is -4.19. The van der Waals surface area contributed by atoms with Crippen LogP contribution in [0, 0.1) is 44.3 Å². The summed E-state index contributed by atoms with van der Waals surface area (Å²) < 4.78 is 53.6. The smallest absolute Gasteiger partial charge is 0.416 e. The lowest BCUT2D eigenvalue weighted by Gasteiger charge is -2.71. The third-order valence-corrected chi connectivity index (χ3v) is 19.1. The van der Waals surface area contributed by atoms with Gasteiger partial charge in [-0.25, -0.2) is 0 Å². The van der Waals surface area contributed by atoms with Crippen molar-refractivity contribution in [2.75, 3.05) is 6.54 Å². The minimum absolute atomic E-state index is 0.00995. The van der Waals surface area contributed by atoms with E-state index in [-0.39, 0.29) is 64.3 Å². The number of rotatable bonds is 8. The Morgan fingerprint density at radius 1 is 0.873 bits per heavy atom. The number of ether oxygens (including phenoxy) is 1. The molecule has 4 saturated carbocycles. The predicted molar refractivity (Wildman–Crippen MR) is 229 cm³/mol. The molecule has 1 amide bonds. The van der Waals surface area contributed by atoms with Crippen molar-refractivity contribution in [2.24, 2.45) is 44.3 Å². The average molecular weight is 886 g/mol. The summed E-state index contributed by atoms with van der Waals surface area (Å²) in [6, 6.07) is 15.6. The van der Waals surface area contributed by atoms with Crippen LogP contribution in [0.25, 0.3) is 11.3 Å². The molecule has 0 radical (unpaired) electrons. The first-order valence-corrected chi connectivity index (χ1v) is 22.8. The van der Waals surface area contributed by atoms with Gasteiger partial charge in [-0.2, -0.15) is 13.2 Å². The van der Waals surface area contributed by atoms with Crippen molar-refractivity contribution < 1.29 is 46.9 Å². The number of alkyl halides is 3. The number of esters is 1. The lowest BCUT2D eigenvalue weighted by Crippen LogP contribution is -2.67. The molecule has 1 unspecified atom stereocenters. The maximum absolute atomic E-state index is 15.3. The van der Waals surface area contributed by atoms with Crippen molar-refractivity contribution in [3.05, 3.63) is 106 Å². The maximum Gasteiger partial charge on any atom is 0.416 e. The molecule has 334 valence electrons. The van der Waals surface area contributed by atoms with Crippen LogP contribution in [0.5, 0.6) is 0 Å². The number of hydrogen-bond acceptors (Lipinski definition) is 7. The third-order valence-electron chi connectivity index (χ3n) is 18.7. The van der Waals surface area contributed by atoms with Crippen LogP contribution in [0.2, 0.25) is 5.02 Å². The van der Waals surface area contributed by atoms with E-state index in [1.807, 2.05) is 51.1 Å². The molecule has 10 atom stereocenters. The standard InChI is InChI=1S/C51H55ClF3NO7/c1-43(2)46(5)21-24-50(43,63-42(46)60)41(59)56(28-30-9-7-6-8-10-30)29-48(61)20-17-39-45(48,4)19-16-38-44(3)18-15-32(57)26-47(44)22-23-49(38,39)34(27-47)40(58)37-14-13-36(62-37)33-25-31(51(53,54)55)11-12-35(33)52/h6-14,22-23,25,27,32,38-39,57,61H,15-21,24,26,28-29H2,1-5H3/t32?,38-,39-,44-,45+,46+,47+,48-,49-,50-/m1/s1. The van der Waals surface area contributed by atoms with Crippen molar-refractivity contribution in [3.8, 4) is 11.3 Å². The number of ketones is 1. The number of nitrogens with zero attached hydrogens (tertiary/aromatic N) is 1. The van der Waals surface area contributed by atoms with Crippen molar-refractivity contribution in [3.63, 3.8) is 0 Å². The number of allylic oxidation sites excluding steroid dienone is 4. The third kappa shape index (κ3) is 5.45. The number of aliphatic hydroxyl groups is 2. The molecule has 11 rings (SSSR count). The second kappa shape index (κ2) is 13.4. The SMILES string of the molecule is CC1(C)[C@@]2(C)CC[C@]1(C(=O)N(Cc1ccccc1)C[C@]1(O)CC[C@H]3[C@]45C=C[C@@]6(C=C4C(=O)c4ccc(-c7cc(C(F)(F)F)ccc7Cl)o4)CC(O)CC[C@]6(C)[C@H]5CC[C@@]31C)OC2=O. The highest BCUT2D eigenvalue weighted by molar-refractivity contribution is 6.33. The van der Waals surface area contributed by atoms with Gasteiger partial charge in [-0.15, -0.1) is 0 Å². The molecule has 8 aliphatic rings. The molecule has 4 bridgehead atoms. The van der Waals surface area contributed by atoms with E-state index < -0.39 is 61.9 Å². The largest absolute Gasteiger partial charge is 0.453 e. The van der Waals surface area contributed by atoms with Gasteiger partial charge in [-0.1, -0.05) is 87.9 Å². The van der Waals surface area contributed by atoms with Crippen molar-refractivity contribution in [2.45, 2.75) is 122 Å². The van der Waals surface area contributed by atoms with E-state index in [9.17, 15) is 28.2 Å². The quantitative estimate of drug-likeness (QED) is 0.131. The number of halogens is 4. The molecular weight excluding hydrogens is 831 g/mol. The molecule has 2 heterocycles. The summed E-state index contributed by atoms with van der Waals surface area (Å²) >= 11 is 6.42. The zero-order valence-corrected chi connectivity index (χ0v) is 37.2. The fourth-order valence-corrected chi connectivity index (χ4v) is 14.7. The Balaban J connectivity index is 1.05. The van der Waals surface area contributed by atoms with Gasteiger partial charge in [0.05, 0.1) is 34.3 Å². The van der Waals surface area contributed by atoms with Gasteiger partial charge in [0, 0.05) is 39.3 Å². The van der Waals surface area contributed by atoms with E-state index in [2.05, 4.69) is 32.1 Å². The van der Waals surface area contributed by atoms with Gasteiger partial charge in [0.1, 0.15) is 5.76 Å². The monoisotopic (exact) mass is 885 g/mol. The molecular formula is C51H55ClF3NO7. The van der Waals surface area contributed by atoms with Gasteiger partial charge < -0.3 is 24.3 Å². The minimum atomic E-state index is -4.62. The van der Waals surface area contributed by atoms with Gasteiger partial charge in [-0.3, -0.25) is 14.4 Å². The Morgan fingerprint density at radius 3 is 2.25 bits per heavy atom. The van der Waals surface area contributed by atoms with E-state index in [1.165, 1.54) is 18.2 Å². The lowest BCUT2D eigenvalue weighted by molar-refractivity contribution is -0.187. The van der Waals surface area contributed by atoms with E-state index >= 15 is 9.59 Å². The average Bonchev–Trinajstić information content (AvgIpc) is 3.92. The highest BCUT2D eigenvalue weighted by Gasteiger charge is 2.78. The van der Waals surface area contributed by atoms with Gasteiger partial charge in [0.25, 0.3) is 5.91 Å². The Labute approximate surface area is 370 Å². The summed E-state index contributed by atoms with van der Waals surface area (Å²) in [5.41, 5.74) is -6.56. The second-order valence-corrected chi connectivity index (χ2v) is 21.7. The molecule has 1 aliphatic heterocycles. The molecule has 5 fully saturated rings. The summed E-state index contributed by atoms with van der Waals surface area (Å²) in [6.07, 6.45) is 6.14. The number of carbonyl (C=O) groups is 3. The van der Waals surface area contributed by atoms with E-state index in [4.69, 9.17) is 20.8 Å². The van der Waals surface area contributed by atoms with Gasteiger partial charge in [0.15, 0.2) is 11.4 Å². The van der Waals surface area contributed by atoms with Gasteiger partial charge >= 0.3 is 12.1 Å². The van der Waals surface area contributed by atoms with Crippen LogP contribution in [-0.2, 0) is 27.0 Å². The Bertz CT molecular complexity index is 2510. The van der Waals surface area contributed by atoms with E-state index in [1.54, 1.807) is 4.90 Å². The number of carbonyl (C=O) groups excluding carboxylic acids is 3. The molecule has 2 N–H and O–H groups in total.